The van der Waals surface area contributed by atoms with Crippen molar-refractivity contribution in [2.75, 3.05) is 12.0 Å². The van der Waals surface area contributed by atoms with E-state index in [9.17, 15) is 22.8 Å². The highest BCUT2D eigenvalue weighted by Gasteiger charge is 2.39. The molecule has 0 N–H and O–H groups in total. The molecule has 0 fully saturated rings. The van der Waals surface area contributed by atoms with Crippen LogP contribution < -0.4 is 4.90 Å². The van der Waals surface area contributed by atoms with Gasteiger partial charge < -0.3 is 4.74 Å². The predicted molar refractivity (Wildman–Crippen MR) is 103 cm³/mol. The average Bonchev–Trinajstić information content (AvgIpc) is 2.90. The van der Waals surface area contributed by atoms with Gasteiger partial charge in [0, 0.05) is 16.4 Å². The third-order valence-electron chi connectivity index (χ3n) is 4.38. The number of ether oxygens (including phenoxy) is 1. The molecule has 0 saturated carbocycles. The Morgan fingerprint density at radius 1 is 1.14 bits per heavy atom. The lowest BCUT2D eigenvalue weighted by molar-refractivity contribution is -0.137. The zero-order chi connectivity index (χ0) is 21.3. The van der Waals surface area contributed by atoms with Crippen LogP contribution in [0, 0.1) is 0 Å². The molecule has 0 radical (unpaired) electrons. The van der Waals surface area contributed by atoms with Crippen LogP contribution in [-0.4, -0.2) is 19.0 Å². The summed E-state index contributed by atoms with van der Waals surface area (Å²) in [6, 6.07) is 10.9. The lowest BCUT2D eigenvalue weighted by Gasteiger charge is -2.19. The van der Waals surface area contributed by atoms with E-state index in [2.05, 4.69) is 0 Å². The molecule has 0 unspecified atom stereocenters. The molecule has 3 rings (SSSR count). The largest absolute Gasteiger partial charge is 0.465 e. The second-order valence-electron chi connectivity index (χ2n) is 6.25. The van der Waals surface area contributed by atoms with Crippen LogP contribution in [0.5, 0.6) is 0 Å². The van der Waals surface area contributed by atoms with E-state index in [1.54, 1.807) is 24.3 Å². The lowest BCUT2D eigenvalue weighted by atomic mass is 10.0. The van der Waals surface area contributed by atoms with Crippen LogP contribution in [0.1, 0.15) is 18.1 Å². The summed E-state index contributed by atoms with van der Waals surface area (Å²) in [5, 5.41) is 0.430. The fourth-order valence-electron chi connectivity index (χ4n) is 3.08. The van der Waals surface area contributed by atoms with Crippen LogP contribution in [-0.2, 0) is 20.5 Å². The van der Waals surface area contributed by atoms with Gasteiger partial charge in [-0.1, -0.05) is 29.8 Å². The number of allylic oxidation sites excluding steroid dienone is 1. The van der Waals surface area contributed by atoms with Crippen molar-refractivity contribution in [2.24, 2.45) is 0 Å². The van der Waals surface area contributed by atoms with Crippen LogP contribution in [0.3, 0.4) is 0 Å². The molecule has 0 atom stereocenters. The third kappa shape index (κ3) is 4.05. The van der Waals surface area contributed by atoms with Crippen molar-refractivity contribution < 1.29 is 27.5 Å². The van der Waals surface area contributed by atoms with Gasteiger partial charge in [0.1, 0.15) is 0 Å². The summed E-state index contributed by atoms with van der Waals surface area (Å²) in [5.74, 6) is -1.40. The number of benzene rings is 2. The highest BCUT2D eigenvalue weighted by atomic mass is 35.5. The Morgan fingerprint density at radius 2 is 1.83 bits per heavy atom. The number of carbonyl (C=O) groups excluding carboxylic acids is 2. The number of rotatable bonds is 3. The SMILES string of the molecule is COC(=O)C1=C(C)N(c2cccc(C(F)(F)F)c2)C(=O)/C1=C\c1cccc(Cl)c1. The molecule has 8 heteroatoms. The van der Waals surface area contributed by atoms with Gasteiger partial charge in [-0.05, 0) is 48.9 Å². The van der Waals surface area contributed by atoms with Crippen molar-refractivity contribution in [3.8, 4) is 0 Å². The van der Waals surface area contributed by atoms with Crippen molar-refractivity contribution >= 4 is 35.2 Å². The molecular formula is C21H15ClF3NO3. The van der Waals surface area contributed by atoms with E-state index in [1.807, 2.05) is 0 Å². The number of methoxy groups -OCH3 is 1. The van der Waals surface area contributed by atoms with Crippen molar-refractivity contribution in [1.82, 2.24) is 0 Å². The summed E-state index contributed by atoms with van der Waals surface area (Å²) >= 11 is 5.97. The molecular weight excluding hydrogens is 407 g/mol. The van der Waals surface area contributed by atoms with Gasteiger partial charge in [-0.3, -0.25) is 9.69 Å². The average molecular weight is 422 g/mol. The second-order valence-corrected chi connectivity index (χ2v) is 6.69. The molecule has 0 spiro atoms. The highest BCUT2D eigenvalue weighted by Crippen LogP contribution is 2.38. The number of nitrogens with zero attached hydrogens (tertiary/aromatic N) is 1. The molecule has 2 aromatic rings. The minimum atomic E-state index is -4.57. The molecule has 1 amide bonds. The number of esters is 1. The van der Waals surface area contributed by atoms with E-state index in [-0.39, 0.29) is 22.5 Å². The van der Waals surface area contributed by atoms with E-state index in [0.717, 1.165) is 24.1 Å². The number of hydrogen-bond acceptors (Lipinski definition) is 3. The van der Waals surface area contributed by atoms with E-state index < -0.39 is 23.6 Å². The minimum Gasteiger partial charge on any atom is -0.465 e. The van der Waals surface area contributed by atoms with Gasteiger partial charge in [-0.25, -0.2) is 4.79 Å². The maximum absolute atomic E-state index is 13.1. The van der Waals surface area contributed by atoms with Gasteiger partial charge in [0.25, 0.3) is 5.91 Å². The van der Waals surface area contributed by atoms with Crippen LogP contribution in [0.25, 0.3) is 6.08 Å². The monoisotopic (exact) mass is 421 g/mol. The summed E-state index contributed by atoms with van der Waals surface area (Å²) in [4.78, 5) is 26.5. The zero-order valence-electron chi connectivity index (χ0n) is 15.4. The minimum absolute atomic E-state index is 0.00165. The second kappa shape index (κ2) is 7.75. The molecule has 29 heavy (non-hydrogen) atoms. The Morgan fingerprint density at radius 3 is 2.45 bits per heavy atom. The Hall–Kier alpha value is -3.06. The summed E-state index contributed by atoms with van der Waals surface area (Å²) in [5.41, 5.74) is -0.181. The number of carbonyl (C=O) groups is 2. The number of halogens is 4. The number of alkyl halides is 3. The first-order valence-electron chi connectivity index (χ1n) is 8.42. The molecule has 1 aliphatic heterocycles. The molecule has 1 heterocycles. The number of hydrogen-bond donors (Lipinski definition) is 0. The van der Waals surface area contributed by atoms with Crippen LogP contribution in [0.4, 0.5) is 18.9 Å². The molecule has 4 nitrogen and oxygen atoms in total. The third-order valence-corrected chi connectivity index (χ3v) is 4.62. The summed E-state index contributed by atoms with van der Waals surface area (Å²) < 4.78 is 44.1. The summed E-state index contributed by atoms with van der Waals surface area (Å²) in [7, 11) is 1.16. The first-order chi connectivity index (χ1) is 13.6. The van der Waals surface area contributed by atoms with Crippen LogP contribution in [0.15, 0.2) is 65.4 Å². The van der Waals surface area contributed by atoms with Crippen LogP contribution in [0.2, 0.25) is 5.02 Å². The van der Waals surface area contributed by atoms with E-state index in [0.29, 0.717) is 10.6 Å². The Kier molecular flexibility index (Phi) is 5.53. The van der Waals surface area contributed by atoms with Gasteiger partial charge in [-0.15, -0.1) is 0 Å². The first-order valence-corrected chi connectivity index (χ1v) is 8.80. The molecule has 1 aliphatic rings. The smallest absolute Gasteiger partial charge is 0.416 e. The van der Waals surface area contributed by atoms with E-state index in [1.165, 1.54) is 25.1 Å². The van der Waals surface area contributed by atoms with Crippen molar-refractivity contribution in [3.05, 3.63) is 81.5 Å². The standard InChI is InChI=1S/C21H15ClF3NO3/c1-12-18(20(28)29-2)17(10-13-5-3-7-15(22)9-13)19(27)26(12)16-8-4-6-14(11-16)21(23,24)25/h3-11H,1-2H3/b17-10-. The maximum Gasteiger partial charge on any atom is 0.416 e. The van der Waals surface area contributed by atoms with E-state index in [4.69, 9.17) is 16.3 Å². The van der Waals surface area contributed by atoms with Gasteiger partial charge in [0.2, 0.25) is 0 Å². The van der Waals surface area contributed by atoms with Crippen molar-refractivity contribution in [1.29, 1.82) is 0 Å². The highest BCUT2D eigenvalue weighted by molar-refractivity contribution is 6.30. The Balaban J connectivity index is 2.15. The molecule has 2 aromatic carbocycles. The lowest BCUT2D eigenvalue weighted by Crippen LogP contribution is -2.24. The molecule has 150 valence electrons. The number of anilines is 1. The molecule has 0 saturated heterocycles. The van der Waals surface area contributed by atoms with Crippen molar-refractivity contribution in [3.63, 3.8) is 0 Å². The molecule has 0 aliphatic carbocycles. The van der Waals surface area contributed by atoms with Gasteiger partial charge in [0.05, 0.1) is 23.8 Å². The maximum atomic E-state index is 13.1. The Bertz CT molecular complexity index is 1060. The topological polar surface area (TPSA) is 46.6 Å². The van der Waals surface area contributed by atoms with Gasteiger partial charge in [-0.2, -0.15) is 13.2 Å². The molecule has 0 aromatic heterocycles. The van der Waals surface area contributed by atoms with Crippen molar-refractivity contribution in [2.45, 2.75) is 13.1 Å². The number of amides is 1. The Labute approximate surface area is 169 Å². The fourth-order valence-corrected chi connectivity index (χ4v) is 3.27. The first kappa shape index (κ1) is 20.7. The van der Waals surface area contributed by atoms with Gasteiger partial charge in [0.15, 0.2) is 0 Å². The van der Waals surface area contributed by atoms with Crippen LogP contribution >= 0.6 is 11.6 Å². The van der Waals surface area contributed by atoms with Gasteiger partial charge >= 0.3 is 12.1 Å². The normalized spacial score (nSPS) is 16.0. The van der Waals surface area contributed by atoms with E-state index >= 15 is 0 Å². The molecule has 0 bridgehead atoms. The predicted octanol–water partition coefficient (Wildman–Crippen LogP) is 5.24. The summed E-state index contributed by atoms with van der Waals surface area (Å²) in [6.45, 7) is 1.48. The fraction of sp³-hybridized carbons (Fsp3) is 0.143. The zero-order valence-corrected chi connectivity index (χ0v) is 16.1. The summed E-state index contributed by atoms with van der Waals surface area (Å²) in [6.07, 6.45) is -3.11. The quantitative estimate of drug-likeness (QED) is 0.503.